The Balaban J connectivity index is 1.69. The van der Waals surface area contributed by atoms with Crippen molar-refractivity contribution in [1.82, 2.24) is 5.32 Å². The Morgan fingerprint density at radius 1 is 1.23 bits per heavy atom. The van der Waals surface area contributed by atoms with Crippen LogP contribution in [0.2, 0.25) is 0 Å². The van der Waals surface area contributed by atoms with Crippen molar-refractivity contribution in [3.8, 4) is 5.75 Å². The SMILES string of the molecule is O=C(N[C@@H]1CCOc2c(F)cccc21)[C@@H]1CC[C@H](C(=O)O)O1. The van der Waals surface area contributed by atoms with Crippen LogP contribution in [0.4, 0.5) is 4.39 Å². The predicted octanol–water partition coefficient (Wildman–Crippen LogP) is 1.40. The number of benzene rings is 1. The molecule has 2 aliphatic rings. The van der Waals surface area contributed by atoms with Crippen LogP contribution in [0.3, 0.4) is 0 Å². The number of amides is 1. The van der Waals surface area contributed by atoms with Crippen LogP contribution in [0.1, 0.15) is 30.9 Å². The molecule has 0 unspecified atom stereocenters. The van der Waals surface area contributed by atoms with Gasteiger partial charge in [-0.2, -0.15) is 0 Å². The summed E-state index contributed by atoms with van der Waals surface area (Å²) >= 11 is 0. The van der Waals surface area contributed by atoms with Gasteiger partial charge in [-0.25, -0.2) is 9.18 Å². The Bertz CT molecular complexity index is 606. The van der Waals surface area contributed by atoms with Gasteiger partial charge >= 0.3 is 5.97 Å². The first-order valence-electron chi connectivity index (χ1n) is 7.16. The maximum Gasteiger partial charge on any atom is 0.332 e. The Morgan fingerprint density at radius 2 is 2.00 bits per heavy atom. The average molecular weight is 309 g/mol. The molecule has 1 aromatic carbocycles. The van der Waals surface area contributed by atoms with Gasteiger partial charge in [-0.3, -0.25) is 4.79 Å². The fraction of sp³-hybridized carbons (Fsp3) is 0.467. The summed E-state index contributed by atoms with van der Waals surface area (Å²) in [6.07, 6.45) is -0.512. The van der Waals surface area contributed by atoms with Crippen LogP contribution in [0.5, 0.6) is 5.75 Å². The van der Waals surface area contributed by atoms with Gasteiger partial charge in [0, 0.05) is 12.0 Å². The first kappa shape index (κ1) is 14.8. The molecule has 22 heavy (non-hydrogen) atoms. The van der Waals surface area contributed by atoms with Gasteiger partial charge in [0.1, 0.15) is 6.10 Å². The molecule has 118 valence electrons. The summed E-state index contributed by atoms with van der Waals surface area (Å²) in [7, 11) is 0. The zero-order valence-corrected chi connectivity index (χ0v) is 11.8. The van der Waals surface area contributed by atoms with Crippen molar-refractivity contribution in [2.45, 2.75) is 37.5 Å². The highest BCUT2D eigenvalue weighted by molar-refractivity contribution is 5.83. The fourth-order valence-electron chi connectivity index (χ4n) is 2.81. The second-order valence-corrected chi connectivity index (χ2v) is 5.39. The predicted molar refractivity (Wildman–Crippen MR) is 72.9 cm³/mol. The molecular weight excluding hydrogens is 293 g/mol. The first-order chi connectivity index (χ1) is 10.6. The van der Waals surface area contributed by atoms with E-state index in [2.05, 4.69) is 5.32 Å². The van der Waals surface area contributed by atoms with Crippen LogP contribution in [-0.2, 0) is 14.3 Å². The summed E-state index contributed by atoms with van der Waals surface area (Å²) in [5.41, 5.74) is 0.590. The molecule has 0 aliphatic carbocycles. The van der Waals surface area contributed by atoms with Crippen LogP contribution in [0, 0.1) is 5.82 Å². The number of halogens is 1. The van der Waals surface area contributed by atoms with E-state index in [9.17, 15) is 14.0 Å². The number of carbonyl (C=O) groups is 2. The van der Waals surface area contributed by atoms with Gasteiger partial charge in [0.2, 0.25) is 5.91 Å². The van der Waals surface area contributed by atoms with E-state index in [0.29, 0.717) is 31.4 Å². The number of hydrogen-bond acceptors (Lipinski definition) is 4. The molecule has 0 saturated carbocycles. The molecule has 3 atom stereocenters. The third-order valence-corrected chi connectivity index (χ3v) is 3.93. The molecular formula is C15H16FNO5. The number of ether oxygens (including phenoxy) is 2. The van der Waals surface area contributed by atoms with Gasteiger partial charge in [0.15, 0.2) is 17.7 Å². The van der Waals surface area contributed by atoms with E-state index in [4.69, 9.17) is 14.6 Å². The van der Waals surface area contributed by atoms with Crippen molar-refractivity contribution in [2.24, 2.45) is 0 Å². The van der Waals surface area contributed by atoms with Crippen molar-refractivity contribution >= 4 is 11.9 Å². The first-order valence-corrected chi connectivity index (χ1v) is 7.16. The molecule has 0 aromatic heterocycles. The molecule has 0 radical (unpaired) electrons. The van der Waals surface area contributed by atoms with E-state index in [1.165, 1.54) is 6.07 Å². The van der Waals surface area contributed by atoms with E-state index in [0.717, 1.165) is 0 Å². The van der Waals surface area contributed by atoms with E-state index in [1.54, 1.807) is 12.1 Å². The third kappa shape index (κ3) is 2.76. The van der Waals surface area contributed by atoms with Gasteiger partial charge in [-0.05, 0) is 18.9 Å². The summed E-state index contributed by atoms with van der Waals surface area (Å²) in [4.78, 5) is 23.1. The van der Waals surface area contributed by atoms with Gasteiger partial charge in [-0.1, -0.05) is 12.1 Å². The molecule has 0 bridgehead atoms. The van der Waals surface area contributed by atoms with Crippen molar-refractivity contribution in [2.75, 3.05) is 6.61 Å². The van der Waals surface area contributed by atoms with Crippen LogP contribution in [0.25, 0.3) is 0 Å². The number of carboxylic acid groups (broad SMARTS) is 1. The fourth-order valence-corrected chi connectivity index (χ4v) is 2.81. The number of fused-ring (bicyclic) bond motifs is 1. The molecule has 7 heteroatoms. The van der Waals surface area contributed by atoms with Crippen molar-refractivity contribution in [3.63, 3.8) is 0 Å². The Hall–Kier alpha value is -2.15. The maximum atomic E-state index is 13.7. The summed E-state index contributed by atoms with van der Waals surface area (Å²) in [5.74, 6) is -1.73. The molecule has 2 heterocycles. The monoisotopic (exact) mass is 309 g/mol. The largest absolute Gasteiger partial charge is 0.490 e. The van der Waals surface area contributed by atoms with Gasteiger partial charge in [0.05, 0.1) is 12.6 Å². The Labute approximate surface area is 126 Å². The van der Waals surface area contributed by atoms with E-state index in [1.807, 2.05) is 0 Å². The normalized spacial score (nSPS) is 26.9. The molecule has 1 amide bonds. The quantitative estimate of drug-likeness (QED) is 0.881. The van der Waals surface area contributed by atoms with Crippen LogP contribution >= 0.6 is 0 Å². The van der Waals surface area contributed by atoms with Gasteiger partial charge < -0.3 is 19.9 Å². The van der Waals surface area contributed by atoms with Crippen LogP contribution in [-0.4, -0.2) is 35.8 Å². The highest BCUT2D eigenvalue weighted by atomic mass is 19.1. The maximum absolute atomic E-state index is 13.7. The molecule has 2 aliphatic heterocycles. The number of carboxylic acids is 1. The minimum atomic E-state index is -1.06. The smallest absolute Gasteiger partial charge is 0.332 e. The molecule has 1 aromatic rings. The van der Waals surface area contributed by atoms with E-state index >= 15 is 0 Å². The third-order valence-electron chi connectivity index (χ3n) is 3.93. The number of hydrogen-bond donors (Lipinski definition) is 2. The molecule has 3 rings (SSSR count). The Kier molecular flexibility index (Phi) is 3.98. The molecule has 1 saturated heterocycles. The van der Waals surface area contributed by atoms with Gasteiger partial charge in [0.25, 0.3) is 0 Å². The van der Waals surface area contributed by atoms with Crippen LogP contribution < -0.4 is 10.1 Å². The summed E-state index contributed by atoms with van der Waals surface area (Å²) in [6, 6.07) is 4.21. The standard InChI is InChI=1S/C15H16FNO5/c16-9-3-1-2-8-10(6-7-21-13(8)9)17-14(18)11-4-5-12(22-11)15(19)20/h1-3,10-12H,4-7H2,(H,17,18)(H,19,20)/t10-,11+,12-/m1/s1. The second kappa shape index (κ2) is 5.92. The lowest BCUT2D eigenvalue weighted by Crippen LogP contribution is -2.39. The molecule has 0 spiro atoms. The highest BCUT2D eigenvalue weighted by Crippen LogP contribution is 2.34. The molecule has 1 fully saturated rings. The summed E-state index contributed by atoms with van der Waals surface area (Å²) in [6.45, 7) is 0.308. The Morgan fingerprint density at radius 3 is 2.73 bits per heavy atom. The summed E-state index contributed by atoms with van der Waals surface area (Å²) < 4.78 is 24.2. The molecule has 6 nitrogen and oxygen atoms in total. The lowest BCUT2D eigenvalue weighted by molar-refractivity contribution is -0.152. The minimum Gasteiger partial charge on any atom is -0.490 e. The van der Waals surface area contributed by atoms with Crippen molar-refractivity contribution < 1.29 is 28.6 Å². The van der Waals surface area contributed by atoms with Crippen molar-refractivity contribution in [1.29, 1.82) is 0 Å². The topological polar surface area (TPSA) is 84.9 Å². The number of aliphatic carboxylic acids is 1. The lowest BCUT2D eigenvalue weighted by atomic mass is 10.00. The summed E-state index contributed by atoms with van der Waals surface area (Å²) in [5, 5.41) is 11.7. The number of para-hydroxylation sites is 1. The van der Waals surface area contributed by atoms with Gasteiger partial charge in [-0.15, -0.1) is 0 Å². The van der Waals surface area contributed by atoms with E-state index in [-0.39, 0.29) is 17.7 Å². The van der Waals surface area contributed by atoms with E-state index < -0.39 is 24.0 Å². The average Bonchev–Trinajstić information content (AvgIpc) is 2.98. The second-order valence-electron chi connectivity index (χ2n) is 5.39. The van der Waals surface area contributed by atoms with Crippen molar-refractivity contribution in [3.05, 3.63) is 29.6 Å². The highest BCUT2D eigenvalue weighted by Gasteiger charge is 2.36. The minimum absolute atomic E-state index is 0.162. The number of nitrogens with one attached hydrogen (secondary N) is 1. The lowest BCUT2D eigenvalue weighted by Gasteiger charge is -2.27. The number of rotatable bonds is 3. The number of carbonyl (C=O) groups excluding carboxylic acids is 1. The van der Waals surface area contributed by atoms with Crippen LogP contribution in [0.15, 0.2) is 18.2 Å². The zero-order chi connectivity index (χ0) is 15.7. The molecule has 2 N–H and O–H groups in total. The zero-order valence-electron chi connectivity index (χ0n) is 11.8.